The minimum absolute atomic E-state index is 0.181. The van der Waals surface area contributed by atoms with Gasteiger partial charge in [0.1, 0.15) is 5.82 Å². The minimum Gasteiger partial charge on any atom is -0.310 e. The number of halogens is 1. The lowest BCUT2D eigenvalue weighted by molar-refractivity contribution is -0.120. The molecule has 2 aromatic rings. The van der Waals surface area contributed by atoms with Crippen LogP contribution in [0.3, 0.4) is 0 Å². The number of nitrogens with zero attached hydrogens (tertiary/aromatic N) is 2. The molecule has 0 saturated carbocycles. The molecule has 0 spiro atoms. The molecular formula is C19H22BrN3O3S. The Morgan fingerprint density at radius 3 is 2.63 bits per heavy atom. The molecule has 1 saturated heterocycles. The maximum absolute atomic E-state index is 12.9. The third-order valence-electron chi connectivity index (χ3n) is 4.70. The molecule has 0 radical (unpaired) electrons. The fraction of sp³-hybridized carbons (Fsp3) is 0.368. The molecule has 0 aliphatic carbocycles. The van der Waals surface area contributed by atoms with Gasteiger partial charge in [-0.05, 0) is 65.0 Å². The number of sulfonamides is 1. The van der Waals surface area contributed by atoms with Crippen molar-refractivity contribution in [3.05, 3.63) is 52.6 Å². The first-order chi connectivity index (χ1) is 12.9. The second-order valence-electron chi connectivity index (χ2n) is 6.55. The Morgan fingerprint density at radius 2 is 2.00 bits per heavy atom. The molecule has 0 bridgehead atoms. The van der Waals surface area contributed by atoms with E-state index in [1.807, 2.05) is 19.1 Å². The van der Waals surface area contributed by atoms with Crippen LogP contribution in [0.5, 0.6) is 0 Å². The minimum atomic E-state index is -3.60. The van der Waals surface area contributed by atoms with Crippen LogP contribution in [0.15, 0.2) is 52.0 Å². The molecule has 1 unspecified atom stereocenters. The first-order valence-corrected chi connectivity index (χ1v) is 11.1. The number of aromatic nitrogens is 1. The van der Waals surface area contributed by atoms with Crippen LogP contribution in [-0.4, -0.2) is 36.7 Å². The van der Waals surface area contributed by atoms with E-state index in [1.54, 1.807) is 30.5 Å². The average molecular weight is 452 g/mol. The molecule has 27 heavy (non-hydrogen) atoms. The van der Waals surface area contributed by atoms with E-state index in [1.165, 1.54) is 4.31 Å². The van der Waals surface area contributed by atoms with Crippen molar-refractivity contribution in [1.29, 1.82) is 0 Å². The number of carbonyl (C=O) groups excluding carboxylic acids is 1. The van der Waals surface area contributed by atoms with Crippen LogP contribution in [-0.2, 0) is 21.2 Å². The number of rotatable bonds is 5. The predicted octanol–water partition coefficient (Wildman–Crippen LogP) is 3.45. The summed E-state index contributed by atoms with van der Waals surface area (Å²) in [6.07, 6.45) is 3.77. The Morgan fingerprint density at radius 1 is 1.26 bits per heavy atom. The maximum atomic E-state index is 12.9. The van der Waals surface area contributed by atoms with Crippen LogP contribution in [0, 0.1) is 5.92 Å². The number of pyridine rings is 1. The molecule has 1 amide bonds. The van der Waals surface area contributed by atoms with Gasteiger partial charge in [0.05, 0.1) is 10.8 Å². The van der Waals surface area contributed by atoms with Gasteiger partial charge in [-0.15, -0.1) is 0 Å². The van der Waals surface area contributed by atoms with Crippen LogP contribution in [0.25, 0.3) is 0 Å². The van der Waals surface area contributed by atoms with E-state index in [2.05, 4.69) is 26.2 Å². The van der Waals surface area contributed by atoms with Gasteiger partial charge in [0.2, 0.25) is 15.9 Å². The zero-order valence-corrected chi connectivity index (χ0v) is 17.5. The van der Waals surface area contributed by atoms with E-state index in [0.29, 0.717) is 25.2 Å². The van der Waals surface area contributed by atoms with Gasteiger partial charge in [-0.1, -0.05) is 19.1 Å². The summed E-state index contributed by atoms with van der Waals surface area (Å²) in [5, 5.41) is 2.77. The van der Waals surface area contributed by atoms with Crippen LogP contribution in [0.1, 0.15) is 25.3 Å². The highest BCUT2D eigenvalue weighted by Crippen LogP contribution is 2.25. The molecule has 1 aromatic carbocycles. The van der Waals surface area contributed by atoms with Crippen molar-refractivity contribution in [2.75, 3.05) is 18.4 Å². The van der Waals surface area contributed by atoms with Crippen molar-refractivity contribution >= 4 is 37.7 Å². The number of piperidine rings is 1. The number of anilines is 1. The second kappa shape index (κ2) is 8.50. The Hall–Kier alpha value is -1.77. The van der Waals surface area contributed by atoms with Gasteiger partial charge >= 0.3 is 0 Å². The Labute approximate surface area is 168 Å². The lowest BCUT2D eigenvalue weighted by Crippen LogP contribution is -2.43. The van der Waals surface area contributed by atoms with Gasteiger partial charge in [0.15, 0.2) is 0 Å². The van der Waals surface area contributed by atoms with Gasteiger partial charge < -0.3 is 5.32 Å². The van der Waals surface area contributed by atoms with Gasteiger partial charge in [0, 0.05) is 23.8 Å². The summed E-state index contributed by atoms with van der Waals surface area (Å²) >= 11 is 3.30. The number of nitrogens with one attached hydrogen (secondary N) is 1. The third kappa shape index (κ3) is 4.75. The molecule has 3 rings (SSSR count). The number of aryl methyl sites for hydroxylation is 1. The van der Waals surface area contributed by atoms with E-state index in [0.717, 1.165) is 16.5 Å². The van der Waals surface area contributed by atoms with Crippen LogP contribution < -0.4 is 5.32 Å². The number of carbonyl (C=O) groups is 1. The maximum Gasteiger partial charge on any atom is 0.243 e. The van der Waals surface area contributed by atoms with Crippen LogP contribution in [0.4, 0.5) is 5.82 Å². The summed E-state index contributed by atoms with van der Waals surface area (Å²) in [6, 6.07) is 10.4. The number of benzene rings is 1. The summed E-state index contributed by atoms with van der Waals surface area (Å²) in [7, 11) is -3.60. The first-order valence-electron chi connectivity index (χ1n) is 8.91. The highest BCUT2D eigenvalue weighted by atomic mass is 79.9. The zero-order chi connectivity index (χ0) is 19.4. The molecule has 1 aliphatic rings. The second-order valence-corrected chi connectivity index (χ2v) is 9.40. The highest BCUT2D eigenvalue weighted by molar-refractivity contribution is 9.10. The van der Waals surface area contributed by atoms with E-state index in [4.69, 9.17) is 0 Å². The normalized spacial score (nSPS) is 18.2. The van der Waals surface area contributed by atoms with Gasteiger partial charge in [-0.25, -0.2) is 13.4 Å². The van der Waals surface area contributed by atoms with E-state index < -0.39 is 15.9 Å². The smallest absolute Gasteiger partial charge is 0.243 e. The van der Waals surface area contributed by atoms with Crippen LogP contribution in [0.2, 0.25) is 0 Å². The lowest BCUT2D eigenvalue weighted by atomic mass is 9.99. The summed E-state index contributed by atoms with van der Waals surface area (Å²) < 4.78 is 28.1. The number of amides is 1. The van der Waals surface area contributed by atoms with Crippen molar-refractivity contribution in [2.45, 2.75) is 31.1 Å². The van der Waals surface area contributed by atoms with Crippen LogP contribution >= 0.6 is 15.9 Å². The van der Waals surface area contributed by atoms with Crippen molar-refractivity contribution in [2.24, 2.45) is 5.92 Å². The lowest BCUT2D eigenvalue weighted by Gasteiger charge is -2.31. The molecule has 1 N–H and O–H groups in total. The zero-order valence-electron chi connectivity index (χ0n) is 15.1. The summed E-state index contributed by atoms with van der Waals surface area (Å²) in [5.74, 6) is -0.140. The third-order valence-corrected chi connectivity index (χ3v) is 7.05. The van der Waals surface area contributed by atoms with Gasteiger partial charge in [-0.3, -0.25) is 4.79 Å². The van der Waals surface area contributed by atoms with Crippen molar-refractivity contribution < 1.29 is 13.2 Å². The van der Waals surface area contributed by atoms with E-state index in [-0.39, 0.29) is 17.3 Å². The molecule has 8 heteroatoms. The van der Waals surface area contributed by atoms with E-state index >= 15 is 0 Å². The highest BCUT2D eigenvalue weighted by Gasteiger charge is 2.33. The topological polar surface area (TPSA) is 79.4 Å². The number of hydrogen-bond acceptors (Lipinski definition) is 4. The molecule has 1 aromatic heterocycles. The summed E-state index contributed by atoms with van der Waals surface area (Å²) in [5.41, 5.74) is 1.09. The van der Waals surface area contributed by atoms with Gasteiger partial charge in [-0.2, -0.15) is 4.31 Å². The fourth-order valence-electron chi connectivity index (χ4n) is 3.10. The van der Waals surface area contributed by atoms with Crippen molar-refractivity contribution in [3.8, 4) is 0 Å². The van der Waals surface area contributed by atoms with Gasteiger partial charge in [0.25, 0.3) is 0 Å². The summed E-state index contributed by atoms with van der Waals surface area (Å²) in [4.78, 5) is 17.0. The largest absolute Gasteiger partial charge is 0.310 e. The monoisotopic (exact) mass is 451 g/mol. The molecule has 1 aliphatic heterocycles. The first kappa shape index (κ1) is 20.0. The molecule has 6 nitrogen and oxygen atoms in total. The summed E-state index contributed by atoms with van der Waals surface area (Å²) in [6.45, 7) is 2.63. The molecule has 1 atom stereocenters. The number of hydrogen-bond donors (Lipinski definition) is 1. The fourth-order valence-corrected chi connectivity index (χ4v) is 4.86. The quantitative estimate of drug-likeness (QED) is 0.754. The SMILES string of the molecule is CCc1ccc(S(=O)(=O)N2CCCC(C(=O)Nc3ccc(Br)cn3)C2)cc1. The molecule has 1 fully saturated rings. The molecule has 144 valence electrons. The molecular weight excluding hydrogens is 430 g/mol. The predicted molar refractivity (Wildman–Crippen MR) is 108 cm³/mol. The van der Waals surface area contributed by atoms with Crippen molar-refractivity contribution in [3.63, 3.8) is 0 Å². The average Bonchev–Trinajstić information content (AvgIpc) is 2.70. The van der Waals surface area contributed by atoms with Crippen molar-refractivity contribution in [1.82, 2.24) is 9.29 Å². The molecule has 2 heterocycles. The van der Waals surface area contributed by atoms with E-state index in [9.17, 15) is 13.2 Å². The standard InChI is InChI=1S/C19H22BrN3O3S/c1-2-14-5-8-17(9-6-14)27(25,26)23-11-3-4-15(13-23)19(24)22-18-10-7-16(20)12-21-18/h5-10,12,15H,2-4,11,13H2,1H3,(H,21,22,24). The Kier molecular flexibility index (Phi) is 6.29. The Balaban J connectivity index is 1.70. The Bertz CT molecular complexity index is 899.